The number of hydrogen-bond acceptors (Lipinski definition) is 6. The van der Waals surface area contributed by atoms with Gasteiger partial charge in [-0.05, 0) is 31.9 Å². The van der Waals surface area contributed by atoms with Crippen LogP contribution in [0, 0.1) is 24.2 Å². The van der Waals surface area contributed by atoms with Gasteiger partial charge in [-0.15, -0.1) is 5.10 Å². The number of hydrogen-bond donors (Lipinski definition) is 1. The molecule has 0 radical (unpaired) electrons. The second kappa shape index (κ2) is 10.4. The maximum Gasteiger partial charge on any atom is 0.409 e. The molecule has 3 rings (SSSR count). The Labute approximate surface area is 202 Å². The van der Waals surface area contributed by atoms with Crippen molar-refractivity contribution in [3.05, 3.63) is 29.1 Å². The normalized spacial score (nSPS) is 14.1. The van der Waals surface area contributed by atoms with Crippen molar-refractivity contribution in [2.75, 3.05) is 13.6 Å². The summed E-state index contributed by atoms with van der Waals surface area (Å²) in [5.41, 5.74) is 2.31. The Morgan fingerprint density at radius 1 is 1.34 bits per heavy atom. The van der Waals surface area contributed by atoms with Gasteiger partial charge in [0.2, 0.25) is 5.92 Å². The highest BCUT2D eigenvalue weighted by atomic mass is 19.3. The first kappa shape index (κ1) is 26.1. The Balaban J connectivity index is 1.69. The Kier molecular flexibility index (Phi) is 7.73. The molecular weight excluding hydrogens is 460 g/mol. The predicted molar refractivity (Wildman–Crippen MR) is 122 cm³/mol. The quantitative estimate of drug-likeness (QED) is 0.534. The Morgan fingerprint density at radius 3 is 2.66 bits per heavy atom. The third-order valence-corrected chi connectivity index (χ3v) is 6.05. The highest BCUT2D eigenvalue weighted by Crippen LogP contribution is 2.48. The number of carbonyl (C=O) groups excluding carboxylic acids is 1. The zero-order valence-electron chi connectivity index (χ0n) is 20.3. The minimum Gasteiger partial charge on any atom is -0.481 e. The van der Waals surface area contributed by atoms with Crippen LogP contribution < -0.4 is 0 Å². The number of aromatic nitrogens is 4. The number of aliphatic carboxylic acids is 1. The fourth-order valence-corrected chi connectivity index (χ4v) is 3.39. The second-order valence-electron chi connectivity index (χ2n) is 8.87. The zero-order chi connectivity index (χ0) is 25.8. The molecule has 1 N–H and O–H groups in total. The summed E-state index contributed by atoms with van der Waals surface area (Å²) in [6.45, 7) is 2.90. The van der Waals surface area contributed by atoms with Gasteiger partial charge in [0, 0.05) is 44.5 Å². The van der Waals surface area contributed by atoms with E-state index in [1.807, 2.05) is 0 Å². The first-order valence-electron chi connectivity index (χ1n) is 11.3. The van der Waals surface area contributed by atoms with Crippen molar-refractivity contribution in [3.63, 3.8) is 0 Å². The molecule has 1 aliphatic carbocycles. The molecular formula is C24H29F2N5O4. The molecule has 2 heterocycles. The summed E-state index contributed by atoms with van der Waals surface area (Å²) in [4.78, 5) is 29.0. The van der Waals surface area contributed by atoms with Crippen LogP contribution in [0.3, 0.4) is 0 Å². The van der Waals surface area contributed by atoms with Gasteiger partial charge in [0.05, 0.1) is 17.8 Å². The molecule has 1 fully saturated rings. The van der Waals surface area contributed by atoms with Crippen molar-refractivity contribution in [2.24, 2.45) is 12.5 Å². The van der Waals surface area contributed by atoms with E-state index in [9.17, 15) is 18.4 Å². The van der Waals surface area contributed by atoms with E-state index < -0.39 is 29.8 Å². The summed E-state index contributed by atoms with van der Waals surface area (Å²) in [6.07, 6.45) is 0.115. The van der Waals surface area contributed by atoms with Crippen LogP contribution in [0.1, 0.15) is 56.0 Å². The van der Waals surface area contributed by atoms with Gasteiger partial charge in [-0.1, -0.05) is 24.0 Å². The monoisotopic (exact) mass is 489 g/mol. The first-order valence-corrected chi connectivity index (χ1v) is 11.3. The van der Waals surface area contributed by atoms with Crippen LogP contribution in [0.4, 0.5) is 13.6 Å². The van der Waals surface area contributed by atoms with Crippen molar-refractivity contribution in [1.29, 1.82) is 0 Å². The van der Waals surface area contributed by atoms with E-state index in [0.29, 0.717) is 28.3 Å². The van der Waals surface area contributed by atoms with E-state index in [4.69, 9.17) is 9.84 Å². The molecule has 1 saturated carbocycles. The van der Waals surface area contributed by atoms with Crippen LogP contribution in [0.2, 0.25) is 0 Å². The summed E-state index contributed by atoms with van der Waals surface area (Å²) in [7, 11) is 3.05. The molecule has 0 aromatic carbocycles. The first-order chi connectivity index (χ1) is 16.4. The number of amides is 1. The van der Waals surface area contributed by atoms with Crippen LogP contribution in [0.25, 0.3) is 11.4 Å². The number of pyridine rings is 1. The average Bonchev–Trinajstić information content (AvgIpc) is 3.46. The van der Waals surface area contributed by atoms with Gasteiger partial charge in [-0.2, -0.15) is 0 Å². The van der Waals surface area contributed by atoms with Crippen LogP contribution >= 0.6 is 0 Å². The van der Waals surface area contributed by atoms with Gasteiger partial charge in [0.1, 0.15) is 18.0 Å². The predicted octanol–water partition coefficient (Wildman–Crippen LogP) is 3.80. The molecule has 1 aliphatic rings. The Bertz CT molecular complexity index is 1160. The minimum absolute atomic E-state index is 0.0302. The zero-order valence-corrected chi connectivity index (χ0v) is 20.3. The Hall–Kier alpha value is -3.55. The molecule has 11 heteroatoms. The van der Waals surface area contributed by atoms with E-state index in [1.165, 1.54) is 18.7 Å². The van der Waals surface area contributed by atoms with Gasteiger partial charge in [0.25, 0.3) is 0 Å². The maximum atomic E-state index is 13.5. The largest absolute Gasteiger partial charge is 0.481 e. The molecule has 188 valence electrons. The number of rotatable bonds is 9. The minimum atomic E-state index is -2.83. The molecule has 2 aromatic rings. The van der Waals surface area contributed by atoms with Gasteiger partial charge >= 0.3 is 12.1 Å². The number of carboxylic acid groups (broad SMARTS) is 1. The highest BCUT2D eigenvalue weighted by molar-refractivity contribution is 5.69. The van der Waals surface area contributed by atoms with E-state index in [2.05, 4.69) is 27.1 Å². The van der Waals surface area contributed by atoms with Crippen molar-refractivity contribution in [2.45, 2.75) is 58.5 Å². The van der Waals surface area contributed by atoms with Gasteiger partial charge in [-0.3, -0.25) is 9.78 Å². The van der Waals surface area contributed by atoms with E-state index in [1.54, 1.807) is 26.1 Å². The van der Waals surface area contributed by atoms with Crippen molar-refractivity contribution in [1.82, 2.24) is 24.9 Å². The topological polar surface area (TPSA) is 110 Å². The number of nitrogens with zero attached hydrogens (tertiary/aromatic N) is 5. The van der Waals surface area contributed by atoms with E-state index in [0.717, 1.165) is 17.7 Å². The number of ether oxygens (including phenoxy) is 1. The lowest BCUT2D eigenvalue weighted by Crippen LogP contribution is -2.32. The van der Waals surface area contributed by atoms with Crippen LogP contribution in [-0.2, 0) is 23.2 Å². The van der Waals surface area contributed by atoms with Gasteiger partial charge in [-0.25, -0.2) is 18.3 Å². The van der Waals surface area contributed by atoms with Crippen molar-refractivity contribution >= 4 is 12.1 Å². The number of halogens is 2. The van der Waals surface area contributed by atoms with Crippen LogP contribution in [-0.4, -0.2) is 61.6 Å². The lowest BCUT2D eigenvalue weighted by atomic mass is 10.0. The SMILES string of the molecule is CCC(F)(F)CCN(C)C(=O)OCc1c(-c2ccc(C#CC3(CC(=O)O)CC3)c(C)n2)nnn1C. The second-order valence-corrected chi connectivity index (χ2v) is 8.87. The smallest absolute Gasteiger partial charge is 0.409 e. The molecule has 0 spiro atoms. The van der Waals surface area contributed by atoms with Crippen LogP contribution in [0.15, 0.2) is 12.1 Å². The Morgan fingerprint density at radius 2 is 2.06 bits per heavy atom. The lowest BCUT2D eigenvalue weighted by Gasteiger charge is -2.20. The standard InChI is InChI=1S/C24H29F2N5O4/c1-5-24(25,26)12-13-30(3)22(34)35-15-19-21(28-29-31(19)4)18-7-6-17(16(2)27-18)8-9-23(10-11-23)14-20(32)33/h6-7H,5,10-15H2,1-4H3,(H,32,33). The number of carbonyl (C=O) groups is 2. The lowest BCUT2D eigenvalue weighted by molar-refractivity contribution is -0.137. The molecule has 2 aromatic heterocycles. The van der Waals surface area contributed by atoms with Crippen molar-refractivity contribution < 1.29 is 28.2 Å². The molecule has 1 amide bonds. The van der Waals surface area contributed by atoms with Crippen LogP contribution in [0.5, 0.6) is 0 Å². The van der Waals surface area contributed by atoms with Gasteiger partial charge in [0.15, 0.2) is 0 Å². The molecule has 0 bridgehead atoms. The summed E-state index contributed by atoms with van der Waals surface area (Å²) < 4.78 is 33.7. The third-order valence-electron chi connectivity index (χ3n) is 6.05. The molecule has 0 aliphatic heterocycles. The fraction of sp³-hybridized carbons (Fsp3) is 0.542. The van der Waals surface area contributed by atoms with Crippen molar-refractivity contribution in [3.8, 4) is 23.2 Å². The summed E-state index contributed by atoms with van der Waals surface area (Å²) in [5.74, 6) is 2.45. The van der Waals surface area contributed by atoms with E-state index in [-0.39, 0.29) is 26.0 Å². The maximum absolute atomic E-state index is 13.5. The number of alkyl halides is 2. The summed E-state index contributed by atoms with van der Waals surface area (Å²) in [6, 6.07) is 3.51. The molecule has 0 unspecified atom stereocenters. The fourth-order valence-electron chi connectivity index (χ4n) is 3.39. The van der Waals surface area contributed by atoms with E-state index >= 15 is 0 Å². The molecule has 35 heavy (non-hydrogen) atoms. The number of carboxylic acids is 1. The third kappa shape index (κ3) is 6.74. The molecule has 0 atom stereocenters. The molecule has 0 saturated heterocycles. The highest BCUT2D eigenvalue weighted by Gasteiger charge is 2.43. The summed E-state index contributed by atoms with van der Waals surface area (Å²) >= 11 is 0. The van der Waals surface area contributed by atoms with Gasteiger partial charge < -0.3 is 14.7 Å². The summed E-state index contributed by atoms with van der Waals surface area (Å²) in [5, 5.41) is 17.2. The average molecular weight is 490 g/mol. The molecule has 9 nitrogen and oxygen atoms in total. The number of aryl methyl sites for hydroxylation is 2.